The number of carbonyl (C=O) groups is 1. The first kappa shape index (κ1) is 18.3. The highest BCUT2D eigenvalue weighted by molar-refractivity contribution is 7.99. The summed E-state index contributed by atoms with van der Waals surface area (Å²) in [4.78, 5) is 12.5. The van der Waals surface area contributed by atoms with Crippen LogP contribution in [0.3, 0.4) is 0 Å². The van der Waals surface area contributed by atoms with Gasteiger partial charge in [0, 0.05) is 11.4 Å². The average Bonchev–Trinajstić information content (AvgIpc) is 3.05. The van der Waals surface area contributed by atoms with E-state index in [4.69, 9.17) is 0 Å². The number of hydrogen-bond acceptors (Lipinski definition) is 4. The van der Waals surface area contributed by atoms with Gasteiger partial charge in [0.2, 0.25) is 5.91 Å². The molecule has 142 valence electrons. The predicted molar refractivity (Wildman–Crippen MR) is 110 cm³/mol. The number of carbonyl (C=O) groups excluding carboxylic acids is 1. The number of amides is 1. The second kappa shape index (κ2) is 8.30. The molecule has 6 heteroatoms. The molecule has 4 rings (SSSR count). The third-order valence-corrected chi connectivity index (χ3v) is 6.31. The fourth-order valence-corrected chi connectivity index (χ4v) is 4.73. The molecule has 1 aromatic carbocycles. The van der Waals surface area contributed by atoms with Gasteiger partial charge >= 0.3 is 0 Å². The third kappa shape index (κ3) is 4.10. The SMILES string of the molecule is Cc1cc2nnc(SCC(=O)NC3CCCCCCC3)n2c2ccccc12. The number of thioether (sulfide) groups is 1. The zero-order valence-electron chi connectivity index (χ0n) is 15.8. The smallest absolute Gasteiger partial charge is 0.230 e. The minimum Gasteiger partial charge on any atom is -0.353 e. The summed E-state index contributed by atoms with van der Waals surface area (Å²) < 4.78 is 2.05. The molecule has 5 nitrogen and oxygen atoms in total. The average molecular weight is 383 g/mol. The largest absolute Gasteiger partial charge is 0.353 e. The zero-order chi connectivity index (χ0) is 18.6. The molecule has 0 bridgehead atoms. The molecule has 1 fully saturated rings. The Morgan fingerprint density at radius 1 is 1.15 bits per heavy atom. The van der Waals surface area contributed by atoms with Crippen molar-refractivity contribution in [2.75, 3.05) is 5.75 Å². The van der Waals surface area contributed by atoms with Crippen molar-refractivity contribution in [3.63, 3.8) is 0 Å². The summed E-state index contributed by atoms with van der Waals surface area (Å²) in [7, 11) is 0. The van der Waals surface area contributed by atoms with E-state index in [0.29, 0.717) is 11.8 Å². The van der Waals surface area contributed by atoms with Gasteiger partial charge in [0.25, 0.3) is 0 Å². The van der Waals surface area contributed by atoms with Crippen LogP contribution >= 0.6 is 11.8 Å². The first-order chi connectivity index (χ1) is 13.2. The number of hydrogen-bond donors (Lipinski definition) is 1. The van der Waals surface area contributed by atoms with Crippen molar-refractivity contribution in [3.05, 3.63) is 35.9 Å². The lowest BCUT2D eigenvalue weighted by Crippen LogP contribution is -2.36. The van der Waals surface area contributed by atoms with Crippen LogP contribution in [0, 0.1) is 6.92 Å². The highest BCUT2D eigenvalue weighted by Crippen LogP contribution is 2.25. The number of nitrogens with one attached hydrogen (secondary N) is 1. The number of benzene rings is 1. The molecular formula is C21H26N4OS. The lowest BCUT2D eigenvalue weighted by Gasteiger charge is -2.20. The Kier molecular flexibility index (Phi) is 5.62. The molecule has 0 spiro atoms. The van der Waals surface area contributed by atoms with Crippen LogP contribution in [0.2, 0.25) is 0 Å². The van der Waals surface area contributed by atoms with Crippen LogP contribution < -0.4 is 5.32 Å². The van der Waals surface area contributed by atoms with E-state index in [0.717, 1.165) is 29.2 Å². The Balaban J connectivity index is 1.47. The van der Waals surface area contributed by atoms with Crippen LogP contribution in [0.4, 0.5) is 0 Å². The number of nitrogens with zero attached hydrogens (tertiary/aromatic N) is 3. The number of para-hydroxylation sites is 1. The van der Waals surface area contributed by atoms with E-state index in [1.807, 2.05) is 18.2 Å². The van der Waals surface area contributed by atoms with Crippen LogP contribution in [-0.2, 0) is 4.79 Å². The number of aromatic nitrogens is 3. The molecule has 1 saturated carbocycles. The number of aryl methyl sites for hydroxylation is 1. The summed E-state index contributed by atoms with van der Waals surface area (Å²) in [5.74, 6) is 0.471. The van der Waals surface area contributed by atoms with Gasteiger partial charge in [-0.2, -0.15) is 0 Å². The van der Waals surface area contributed by atoms with Crippen molar-refractivity contribution in [2.45, 2.75) is 63.1 Å². The van der Waals surface area contributed by atoms with Gasteiger partial charge in [-0.05, 0) is 37.5 Å². The summed E-state index contributed by atoms with van der Waals surface area (Å²) in [6.45, 7) is 2.09. The van der Waals surface area contributed by atoms with Crippen LogP contribution in [0.25, 0.3) is 16.6 Å². The van der Waals surface area contributed by atoms with E-state index in [1.165, 1.54) is 54.8 Å². The van der Waals surface area contributed by atoms with Crippen LogP contribution in [0.5, 0.6) is 0 Å². The Hall–Kier alpha value is -2.08. The zero-order valence-corrected chi connectivity index (χ0v) is 16.6. The summed E-state index contributed by atoms with van der Waals surface area (Å²) in [6.07, 6.45) is 8.57. The molecule has 1 aliphatic carbocycles. The second-order valence-corrected chi connectivity index (χ2v) is 8.36. The molecule has 2 aromatic heterocycles. The highest BCUT2D eigenvalue weighted by Gasteiger charge is 2.16. The molecule has 1 N–H and O–H groups in total. The van der Waals surface area contributed by atoms with Gasteiger partial charge in [-0.3, -0.25) is 9.20 Å². The van der Waals surface area contributed by atoms with E-state index in [1.54, 1.807) is 0 Å². The molecule has 0 saturated heterocycles. The van der Waals surface area contributed by atoms with E-state index >= 15 is 0 Å². The van der Waals surface area contributed by atoms with Gasteiger partial charge in [0.1, 0.15) is 0 Å². The van der Waals surface area contributed by atoms with E-state index in [2.05, 4.69) is 39.0 Å². The first-order valence-electron chi connectivity index (χ1n) is 9.88. The first-order valence-corrected chi connectivity index (χ1v) is 10.9. The molecule has 0 unspecified atom stereocenters. The van der Waals surface area contributed by atoms with Crippen molar-refractivity contribution >= 4 is 34.2 Å². The topological polar surface area (TPSA) is 59.3 Å². The van der Waals surface area contributed by atoms with Gasteiger partial charge < -0.3 is 5.32 Å². The monoisotopic (exact) mass is 382 g/mol. The molecule has 1 amide bonds. The molecule has 1 aliphatic rings. The van der Waals surface area contributed by atoms with Crippen molar-refractivity contribution in [1.29, 1.82) is 0 Å². The molecule has 0 atom stereocenters. The molecule has 2 heterocycles. The van der Waals surface area contributed by atoms with E-state index in [9.17, 15) is 4.79 Å². The van der Waals surface area contributed by atoms with Gasteiger partial charge in [-0.1, -0.05) is 62.1 Å². The van der Waals surface area contributed by atoms with Gasteiger partial charge in [-0.15, -0.1) is 10.2 Å². The van der Waals surface area contributed by atoms with E-state index < -0.39 is 0 Å². The molecule has 3 aromatic rings. The third-order valence-electron chi connectivity index (χ3n) is 5.38. The maximum atomic E-state index is 12.5. The quantitative estimate of drug-likeness (QED) is 0.675. The fraction of sp³-hybridized carbons (Fsp3) is 0.476. The predicted octanol–water partition coefficient (Wildman–Crippen LogP) is 4.51. The maximum Gasteiger partial charge on any atom is 0.230 e. The van der Waals surface area contributed by atoms with Crippen molar-refractivity contribution in [3.8, 4) is 0 Å². The van der Waals surface area contributed by atoms with Gasteiger partial charge in [0.05, 0.1) is 11.3 Å². The van der Waals surface area contributed by atoms with Gasteiger partial charge in [0.15, 0.2) is 10.8 Å². The lowest BCUT2D eigenvalue weighted by molar-refractivity contribution is -0.119. The minimum absolute atomic E-state index is 0.0961. The Morgan fingerprint density at radius 2 is 1.89 bits per heavy atom. The summed E-state index contributed by atoms with van der Waals surface area (Å²) >= 11 is 1.46. The normalized spacial score (nSPS) is 16.3. The molecular weight excluding hydrogens is 356 g/mol. The Bertz CT molecular complexity index is 944. The number of fused-ring (bicyclic) bond motifs is 3. The fourth-order valence-electron chi connectivity index (χ4n) is 3.97. The number of rotatable bonds is 4. The van der Waals surface area contributed by atoms with Crippen molar-refractivity contribution in [2.24, 2.45) is 0 Å². The van der Waals surface area contributed by atoms with Gasteiger partial charge in [-0.25, -0.2) is 0 Å². The maximum absolute atomic E-state index is 12.5. The highest BCUT2D eigenvalue weighted by atomic mass is 32.2. The van der Waals surface area contributed by atoms with Crippen molar-refractivity contribution < 1.29 is 4.79 Å². The Labute approximate surface area is 163 Å². The molecule has 27 heavy (non-hydrogen) atoms. The molecule has 0 radical (unpaired) electrons. The van der Waals surface area contributed by atoms with Crippen LogP contribution in [0.15, 0.2) is 35.5 Å². The summed E-state index contributed by atoms with van der Waals surface area (Å²) in [6, 6.07) is 10.6. The summed E-state index contributed by atoms with van der Waals surface area (Å²) in [5, 5.41) is 13.8. The minimum atomic E-state index is 0.0961. The number of pyridine rings is 1. The lowest BCUT2D eigenvalue weighted by atomic mass is 9.97. The second-order valence-electron chi connectivity index (χ2n) is 7.42. The summed E-state index contributed by atoms with van der Waals surface area (Å²) in [5.41, 5.74) is 3.10. The van der Waals surface area contributed by atoms with Crippen LogP contribution in [-0.4, -0.2) is 32.3 Å². The Morgan fingerprint density at radius 3 is 2.70 bits per heavy atom. The molecule has 0 aliphatic heterocycles. The standard InChI is InChI=1S/C21H26N4OS/c1-15-13-19-23-24-21(25(19)18-12-8-7-11-17(15)18)27-14-20(26)22-16-9-5-3-2-4-6-10-16/h7-8,11-13,16H,2-6,9-10,14H2,1H3,(H,22,26). The van der Waals surface area contributed by atoms with Crippen LogP contribution in [0.1, 0.15) is 50.5 Å². The van der Waals surface area contributed by atoms with Crippen molar-refractivity contribution in [1.82, 2.24) is 19.9 Å². The van der Waals surface area contributed by atoms with E-state index in [-0.39, 0.29) is 5.91 Å².